The van der Waals surface area contributed by atoms with Crippen LogP contribution in [0.15, 0.2) is 79.4 Å². The van der Waals surface area contributed by atoms with E-state index in [-0.39, 0.29) is 29.7 Å². The predicted molar refractivity (Wildman–Crippen MR) is 164 cm³/mol. The monoisotopic (exact) mass is 624 g/mol. The number of aliphatic hydroxyl groups is 7. The highest BCUT2D eigenvalue weighted by Crippen LogP contribution is 2.62. The number of carbonyl (C=O) groups excluding carboxylic acids is 1. The zero-order chi connectivity index (χ0) is 33.1. The van der Waals surface area contributed by atoms with Crippen LogP contribution < -0.4 is 0 Å². The molecule has 45 heavy (non-hydrogen) atoms. The maximum atomic E-state index is 13.0. The van der Waals surface area contributed by atoms with Crippen LogP contribution in [0.3, 0.4) is 0 Å². The van der Waals surface area contributed by atoms with Crippen LogP contribution >= 0.6 is 0 Å². The zero-order valence-corrected chi connectivity index (χ0v) is 25.8. The van der Waals surface area contributed by atoms with Gasteiger partial charge in [-0.15, -0.1) is 0 Å². The summed E-state index contributed by atoms with van der Waals surface area (Å²) in [5.74, 6) is -5.28. The third-order valence-electron chi connectivity index (χ3n) is 10.8. The van der Waals surface area contributed by atoms with E-state index >= 15 is 0 Å². The molecule has 0 spiro atoms. The number of aliphatic hydroxyl groups excluding tert-OH is 3. The molecule has 2 aromatic rings. The topological polar surface area (TPSA) is 177 Å². The van der Waals surface area contributed by atoms with E-state index in [9.17, 15) is 40.5 Å². The number of fused-ring (bicyclic) bond motifs is 3. The van der Waals surface area contributed by atoms with Crippen molar-refractivity contribution in [1.82, 2.24) is 0 Å². The van der Waals surface area contributed by atoms with Crippen LogP contribution in [0.25, 0.3) is 5.76 Å². The average Bonchev–Trinajstić information content (AvgIpc) is 3.25. The molecule has 2 aromatic carbocycles. The van der Waals surface area contributed by atoms with Gasteiger partial charge in [-0.3, -0.25) is 0 Å². The van der Waals surface area contributed by atoms with Gasteiger partial charge in [0.25, 0.3) is 0 Å². The first kappa shape index (κ1) is 33.3. The minimum Gasteiger partial charge on any atom is -0.487 e. The van der Waals surface area contributed by atoms with Crippen LogP contribution in [0.4, 0.5) is 0 Å². The standard InChI is InChI=1S/C35H44O10/c1-19(2)32(40)17-21(4)34(42)25-16-20(3)27(36)35(25,43)31(39)33(41,18-44-30(38)24-14-10-7-11-15-24)28(37)26(34)29(32)45-22(5)23-12-8-6-9-13-23/h6-15,20-21,25-29,31,36-37,39-43H,1,5,16-18H2,2-4H3/t20-,21-,25-,26+,27+,28+,29-,31-,32-,33-,34-,35-/m1/s1. The number of carbonyl (C=O) groups is 1. The molecule has 0 aliphatic heterocycles. The lowest BCUT2D eigenvalue weighted by molar-refractivity contribution is -0.265. The molecule has 3 aliphatic carbocycles. The van der Waals surface area contributed by atoms with E-state index in [4.69, 9.17) is 9.47 Å². The van der Waals surface area contributed by atoms with Crippen LogP contribution in [0, 0.1) is 23.7 Å². The number of hydrogen-bond donors (Lipinski definition) is 7. The molecule has 12 atom stereocenters. The normalized spacial score (nSPS) is 42.5. The summed E-state index contributed by atoms with van der Waals surface area (Å²) in [4.78, 5) is 13.0. The van der Waals surface area contributed by atoms with E-state index in [1.54, 1.807) is 69.3 Å². The molecule has 10 heteroatoms. The predicted octanol–water partition coefficient (Wildman–Crippen LogP) is 1.81. The summed E-state index contributed by atoms with van der Waals surface area (Å²) in [6.07, 6.45) is -7.80. The first-order chi connectivity index (χ1) is 21.0. The van der Waals surface area contributed by atoms with E-state index < -0.39 is 83.1 Å². The molecular weight excluding hydrogens is 580 g/mol. The maximum absolute atomic E-state index is 13.0. The smallest absolute Gasteiger partial charge is 0.338 e. The van der Waals surface area contributed by atoms with Crippen LogP contribution in [-0.2, 0) is 9.47 Å². The molecule has 3 aliphatic rings. The van der Waals surface area contributed by atoms with Crippen LogP contribution in [-0.4, -0.2) is 95.1 Å². The first-order valence-corrected chi connectivity index (χ1v) is 15.3. The highest BCUT2D eigenvalue weighted by molar-refractivity contribution is 5.89. The Morgan fingerprint density at radius 1 is 0.867 bits per heavy atom. The summed E-state index contributed by atoms with van der Waals surface area (Å²) < 4.78 is 11.8. The summed E-state index contributed by atoms with van der Waals surface area (Å²) >= 11 is 0. The molecule has 0 radical (unpaired) electrons. The molecule has 3 fully saturated rings. The number of benzene rings is 2. The van der Waals surface area contributed by atoms with Crippen molar-refractivity contribution in [3.05, 3.63) is 90.5 Å². The summed E-state index contributed by atoms with van der Waals surface area (Å²) in [5.41, 5.74) is -8.55. The maximum Gasteiger partial charge on any atom is 0.338 e. The lowest BCUT2D eigenvalue weighted by Gasteiger charge is -2.59. The van der Waals surface area contributed by atoms with Gasteiger partial charge < -0.3 is 45.2 Å². The second-order valence-electron chi connectivity index (χ2n) is 13.4. The van der Waals surface area contributed by atoms with Crippen molar-refractivity contribution in [2.75, 3.05) is 6.61 Å². The van der Waals surface area contributed by atoms with Crippen LogP contribution in [0.2, 0.25) is 0 Å². The fraction of sp³-hybridized carbons (Fsp3) is 0.514. The molecule has 7 N–H and O–H groups in total. The molecule has 10 nitrogen and oxygen atoms in total. The molecule has 5 rings (SSSR count). The van der Waals surface area contributed by atoms with Crippen molar-refractivity contribution >= 4 is 11.7 Å². The summed E-state index contributed by atoms with van der Waals surface area (Å²) in [6.45, 7) is 11.8. The third-order valence-corrected chi connectivity index (χ3v) is 10.8. The van der Waals surface area contributed by atoms with Crippen molar-refractivity contribution < 1.29 is 50.0 Å². The highest BCUT2D eigenvalue weighted by atomic mass is 16.6. The molecule has 0 aromatic heterocycles. The highest BCUT2D eigenvalue weighted by Gasteiger charge is 2.78. The van der Waals surface area contributed by atoms with Gasteiger partial charge in [0, 0.05) is 11.5 Å². The van der Waals surface area contributed by atoms with E-state index in [2.05, 4.69) is 13.2 Å². The molecule has 0 saturated heterocycles. The minimum absolute atomic E-state index is 0.00345. The Balaban J connectivity index is 1.68. The quantitative estimate of drug-likeness (QED) is 0.137. The number of ether oxygens (including phenoxy) is 2. The largest absolute Gasteiger partial charge is 0.487 e. The lowest BCUT2D eigenvalue weighted by atomic mass is 9.53. The van der Waals surface area contributed by atoms with E-state index in [0.717, 1.165) is 0 Å². The Kier molecular flexibility index (Phi) is 8.59. The summed E-state index contributed by atoms with van der Waals surface area (Å²) in [7, 11) is 0. The molecule has 0 heterocycles. The van der Waals surface area contributed by atoms with Crippen molar-refractivity contribution in [3.63, 3.8) is 0 Å². The molecular formula is C35H44O10. The third kappa shape index (κ3) is 4.95. The second-order valence-corrected chi connectivity index (χ2v) is 13.4. The van der Waals surface area contributed by atoms with Gasteiger partial charge in [-0.2, -0.15) is 0 Å². The number of esters is 1. The Morgan fingerprint density at radius 3 is 1.98 bits per heavy atom. The SMILES string of the molecule is C=C(O[C@@H]1[C@@H]2[C@H](O)[C@](O)(COC(=O)c3ccccc3)[C@@H](O)[C@@]3(O)[C@H](C[C@@H](C)[C@@H]3O)[C@]2(O)[C@H](C)C[C@@]1(O)C(=C)C)c1ccccc1. The van der Waals surface area contributed by atoms with Gasteiger partial charge >= 0.3 is 5.97 Å². The summed E-state index contributed by atoms with van der Waals surface area (Å²) in [6, 6.07) is 16.6. The van der Waals surface area contributed by atoms with Gasteiger partial charge in [-0.1, -0.05) is 75.5 Å². The van der Waals surface area contributed by atoms with E-state index in [0.29, 0.717) is 5.56 Å². The zero-order valence-electron chi connectivity index (χ0n) is 25.8. The van der Waals surface area contributed by atoms with Crippen molar-refractivity contribution in [2.45, 2.75) is 80.4 Å². The number of rotatable bonds is 7. The van der Waals surface area contributed by atoms with Crippen LogP contribution in [0.5, 0.6) is 0 Å². The van der Waals surface area contributed by atoms with Crippen LogP contribution in [0.1, 0.15) is 49.5 Å². The van der Waals surface area contributed by atoms with Crippen molar-refractivity contribution in [3.8, 4) is 0 Å². The van der Waals surface area contributed by atoms with Crippen molar-refractivity contribution in [2.24, 2.45) is 23.7 Å². The van der Waals surface area contributed by atoms with Gasteiger partial charge in [-0.05, 0) is 49.3 Å². The lowest BCUT2D eigenvalue weighted by Crippen LogP contribution is -2.71. The molecule has 0 bridgehead atoms. The average molecular weight is 625 g/mol. The van der Waals surface area contributed by atoms with Gasteiger partial charge in [0.2, 0.25) is 0 Å². The van der Waals surface area contributed by atoms with Gasteiger partial charge in [0.05, 0.1) is 29.3 Å². The van der Waals surface area contributed by atoms with Gasteiger partial charge in [-0.25, -0.2) is 4.79 Å². The Labute approximate surface area is 262 Å². The fourth-order valence-corrected chi connectivity index (χ4v) is 8.18. The molecule has 0 unspecified atom stereocenters. The molecule has 3 saturated carbocycles. The van der Waals surface area contributed by atoms with Gasteiger partial charge in [0.1, 0.15) is 35.8 Å². The second kappa shape index (κ2) is 11.6. The number of hydrogen-bond acceptors (Lipinski definition) is 10. The minimum atomic E-state index is -2.86. The summed E-state index contributed by atoms with van der Waals surface area (Å²) in [5, 5.41) is 85.0. The Bertz CT molecular complexity index is 1430. The van der Waals surface area contributed by atoms with Crippen molar-refractivity contribution in [1.29, 1.82) is 0 Å². The first-order valence-electron chi connectivity index (χ1n) is 15.3. The Hall–Kier alpha value is -3.09. The van der Waals surface area contributed by atoms with Gasteiger partial charge in [0.15, 0.2) is 5.60 Å². The fourth-order valence-electron chi connectivity index (χ4n) is 8.18. The van der Waals surface area contributed by atoms with E-state index in [1.165, 1.54) is 12.1 Å². The molecule has 244 valence electrons. The van der Waals surface area contributed by atoms with E-state index in [1.807, 2.05) is 0 Å². The Morgan fingerprint density at radius 2 is 1.42 bits per heavy atom. The molecule has 0 amide bonds.